The van der Waals surface area contributed by atoms with Crippen LogP contribution in [0.3, 0.4) is 0 Å². The first-order valence-electron chi connectivity index (χ1n) is 10.3. The number of amidine groups is 1. The summed E-state index contributed by atoms with van der Waals surface area (Å²) in [5.41, 5.74) is 7.63. The van der Waals surface area contributed by atoms with Crippen molar-refractivity contribution in [2.24, 2.45) is 4.99 Å². The van der Waals surface area contributed by atoms with Gasteiger partial charge in [-0.15, -0.1) is 0 Å². The molecule has 2 aromatic carbocycles. The van der Waals surface area contributed by atoms with Gasteiger partial charge in [-0.1, -0.05) is 48.3 Å². The fraction of sp³-hybridized carbons (Fsp3) is 0.200. The molecular formula is C25H23Cl2N3OS. The molecule has 1 fully saturated rings. The number of nitrogens with zero attached hydrogens (tertiary/aromatic N) is 2. The van der Waals surface area contributed by atoms with Crippen molar-refractivity contribution in [1.29, 1.82) is 0 Å². The maximum absolute atomic E-state index is 12.6. The molecule has 0 atom stereocenters. The summed E-state index contributed by atoms with van der Waals surface area (Å²) in [6, 6.07) is 13.7. The van der Waals surface area contributed by atoms with E-state index in [0.29, 0.717) is 25.8 Å². The van der Waals surface area contributed by atoms with Crippen LogP contribution in [0.4, 0.5) is 5.69 Å². The van der Waals surface area contributed by atoms with Crippen LogP contribution in [0.1, 0.15) is 35.0 Å². The summed E-state index contributed by atoms with van der Waals surface area (Å²) < 4.78 is 2.28. The number of rotatable bonds is 4. The predicted octanol–water partition coefficient (Wildman–Crippen LogP) is 7.16. The number of amides is 1. The molecule has 0 bridgehead atoms. The third kappa shape index (κ3) is 4.38. The van der Waals surface area contributed by atoms with Gasteiger partial charge >= 0.3 is 0 Å². The Bertz CT molecular complexity index is 1290. The van der Waals surface area contributed by atoms with Crippen LogP contribution in [0.25, 0.3) is 11.8 Å². The lowest BCUT2D eigenvalue weighted by Crippen LogP contribution is -2.19. The van der Waals surface area contributed by atoms with Gasteiger partial charge in [0.15, 0.2) is 5.17 Å². The molecule has 1 aromatic heterocycles. The standard InChI is InChI=1S/C25H23Cl2N3OS/c1-5-17-8-6-7-14(2)23(17)30-15(3)11-18(16(30)4)12-22-24(31)29-25(32-22)28-19-9-10-20(26)21(27)13-19/h6-13H,5H2,1-4H3,(H,28,29,31)/b22-12-. The van der Waals surface area contributed by atoms with Gasteiger partial charge in [0.2, 0.25) is 0 Å². The Balaban J connectivity index is 1.68. The minimum atomic E-state index is -0.163. The summed E-state index contributed by atoms with van der Waals surface area (Å²) in [6.45, 7) is 8.49. The molecule has 1 amide bonds. The van der Waals surface area contributed by atoms with E-state index in [1.54, 1.807) is 18.2 Å². The van der Waals surface area contributed by atoms with E-state index in [2.05, 4.69) is 66.8 Å². The highest BCUT2D eigenvalue weighted by atomic mass is 35.5. The molecule has 0 aliphatic carbocycles. The van der Waals surface area contributed by atoms with Crippen molar-refractivity contribution in [3.8, 4) is 5.69 Å². The average Bonchev–Trinajstić information content (AvgIpc) is 3.23. The van der Waals surface area contributed by atoms with E-state index in [9.17, 15) is 4.79 Å². The molecule has 2 heterocycles. The summed E-state index contributed by atoms with van der Waals surface area (Å²) in [5, 5.41) is 4.24. The van der Waals surface area contributed by atoms with Crippen LogP contribution < -0.4 is 5.32 Å². The summed E-state index contributed by atoms with van der Waals surface area (Å²) in [6.07, 6.45) is 2.89. The van der Waals surface area contributed by atoms with Crippen molar-refractivity contribution in [2.75, 3.05) is 0 Å². The highest BCUT2D eigenvalue weighted by Crippen LogP contribution is 2.33. The highest BCUT2D eigenvalue weighted by molar-refractivity contribution is 8.18. The van der Waals surface area contributed by atoms with E-state index in [1.807, 2.05) is 6.08 Å². The van der Waals surface area contributed by atoms with Gasteiger partial charge in [0.05, 0.1) is 26.3 Å². The Morgan fingerprint density at radius 2 is 1.88 bits per heavy atom. The minimum Gasteiger partial charge on any atom is -0.317 e. The van der Waals surface area contributed by atoms with Crippen LogP contribution in [0.15, 0.2) is 52.4 Å². The van der Waals surface area contributed by atoms with Crippen molar-refractivity contribution in [2.45, 2.75) is 34.1 Å². The summed E-state index contributed by atoms with van der Waals surface area (Å²) in [5.74, 6) is -0.163. The number of nitrogens with one attached hydrogen (secondary N) is 1. The van der Waals surface area contributed by atoms with Crippen LogP contribution in [0.2, 0.25) is 10.0 Å². The van der Waals surface area contributed by atoms with Crippen molar-refractivity contribution >= 4 is 57.8 Å². The van der Waals surface area contributed by atoms with Gasteiger partial charge in [0, 0.05) is 11.4 Å². The van der Waals surface area contributed by atoms with E-state index in [1.165, 1.54) is 28.6 Å². The molecule has 32 heavy (non-hydrogen) atoms. The Hall–Kier alpha value is -2.47. The maximum atomic E-state index is 12.6. The van der Waals surface area contributed by atoms with Crippen molar-refractivity contribution in [3.05, 3.63) is 85.5 Å². The zero-order valence-electron chi connectivity index (χ0n) is 18.3. The molecule has 1 aliphatic heterocycles. The molecule has 1 N–H and O–H groups in total. The highest BCUT2D eigenvalue weighted by Gasteiger charge is 2.25. The lowest BCUT2D eigenvalue weighted by atomic mass is 10.1. The predicted molar refractivity (Wildman–Crippen MR) is 137 cm³/mol. The monoisotopic (exact) mass is 483 g/mol. The molecule has 164 valence electrons. The Labute approximate surface area is 202 Å². The zero-order valence-corrected chi connectivity index (χ0v) is 20.6. The SMILES string of the molecule is CCc1cccc(C)c1-n1c(C)cc(/C=C2\SC(=Nc3ccc(Cl)c(Cl)c3)NC2=O)c1C. The number of para-hydroxylation sites is 1. The molecule has 0 unspecified atom stereocenters. The van der Waals surface area contributed by atoms with Gasteiger partial charge in [-0.25, -0.2) is 4.99 Å². The number of carbonyl (C=O) groups is 1. The minimum absolute atomic E-state index is 0.163. The number of halogens is 2. The molecule has 1 aliphatic rings. The number of thioether (sulfide) groups is 1. The van der Waals surface area contributed by atoms with E-state index >= 15 is 0 Å². The maximum Gasteiger partial charge on any atom is 0.264 e. The first-order chi connectivity index (χ1) is 15.3. The van der Waals surface area contributed by atoms with E-state index in [4.69, 9.17) is 23.2 Å². The van der Waals surface area contributed by atoms with E-state index < -0.39 is 0 Å². The van der Waals surface area contributed by atoms with Crippen LogP contribution >= 0.6 is 35.0 Å². The molecule has 0 spiro atoms. The third-order valence-electron chi connectivity index (χ3n) is 5.47. The van der Waals surface area contributed by atoms with Gasteiger partial charge in [-0.05, 0) is 86.0 Å². The number of hydrogen-bond acceptors (Lipinski definition) is 3. The average molecular weight is 484 g/mol. The summed E-state index contributed by atoms with van der Waals surface area (Å²) in [4.78, 5) is 17.7. The molecule has 4 rings (SSSR count). The fourth-order valence-electron chi connectivity index (χ4n) is 3.90. The molecule has 0 radical (unpaired) electrons. The van der Waals surface area contributed by atoms with Crippen molar-refractivity contribution in [1.82, 2.24) is 9.88 Å². The molecule has 7 heteroatoms. The summed E-state index contributed by atoms with van der Waals surface area (Å²) >= 11 is 13.4. The molecular weight excluding hydrogens is 461 g/mol. The number of aryl methyl sites for hydroxylation is 3. The largest absolute Gasteiger partial charge is 0.317 e. The summed E-state index contributed by atoms with van der Waals surface area (Å²) in [7, 11) is 0. The molecule has 3 aromatic rings. The third-order valence-corrected chi connectivity index (χ3v) is 7.12. The van der Waals surface area contributed by atoms with Gasteiger partial charge in [-0.2, -0.15) is 0 Å². The number of aromatic nitrogens is 1. The lowest BCUT2D eigenvalue weighted by Gasteiger charge is -2.17. The second-order valence-corrected chi connectivity index (χ2v) is 9.52. The van der Waals surface area contributed by atoms with Gasteiger partial charge in [0.25, 0.3) is 5.91 Å². The van der Waals surface area contributed by atoms with Crippen molar-refractivity contribution < 1.29 is 4.79 Å². The fourth-order valence-corrected chi connectivity index (χ4v) is 5.02. The van der Waals surface area contributed by atoms with E-state index in [0.717, 1.165) is 23.4 Å². The second kappa shape index (κ2) is 9.18. The first-order valence-corrected chi connectivity index (χ1v) is 11.9. The van der Waals surface area contributed by atoms with Gasteiger partial charge in [0.1, 0.15) is 0 Å². The Morgan fingerprint density at radius 3 is 2.59 bits per heavy atom. The Morgan fingerprint density at radius 1 is 1.09 bits per heavy atom. The van der Waals surface area contributed by atoms with Gasteiger partial charge < -0.3 is 9.88 Å². The Kier molecular flexibility index (Phi) is 6.52. The first kappa shape index (κ1) is 22.7. The van der Waals surface area contributed by atoms with Gasteiger partial charge in [-0.3, -0.25) is 4.79 Å². The molecule has 0 saturated carbocycles. The number of aliphatic imine (C=N–C) groups is 1. The van der Waals surface area contributed by atoms with Crippen LogP contribution in [-0.4, -0.2) is 15.6 Å². The second-order valence-electron chi connectivity index (χ2n) is 7.68. The molecule has 1 saturated heterocycles. The van der Waals surface area contributed by atoms with Crippen LogP contribution in [0.5, 0.6) is 0 Å². The molecule has 4 nitrogen and oxygen atoms in total. The van der Waals surface area contributed by atoms with Crippen molar-refractivity contribution in [3.63, 3.8) is 0 Å². The van der Waals surface area contributed by atoms with E-state index in [-0.39, 0.29) is 5.91 Å². The van der Waals surface area contributed by atoms with Crippen LogP contribution in [0, 0.1) is 20.8 Å². The zero-order chi connectivity index (χ0) is 23.0. The number of benzene rings is 2. The lowest BCUT2D eigenvalue weighted by molar-refractivity contribution is -0.115. The normalized spacial score (nSPS) is 16.2. The topological polar surface area (TPSA) is 46.4 Å². The smallest absolute Gasteiger partial charge is 0.264 e. The number of hydrogen-bond donors (Lipinski definition) is 1. The number of carbonyl (C=O) groups excluding carboxylic acids is 1. The van der Waals surface area contributed by atoms with Crippen LogP contribution in [-0.2, 0) is 11.2 Å². The quantitative estimate of drug-likeness (QED) is 0.399.